The van der Waals surface area contributed by atoms with Gasteiger partial charge in [0.05, 0.1) is 36.3 Å². The molecular weight excluding hydrogens is 296 g/mol. The van der Waals surface area contributed by atoms with Gasteiger partial charge < -0.3 is 19.6 Å². The number of β-amino-alcohol motifs (C(OH)–C–C–N with tert-alkyl or cyclic N) is 1. The van der Waals surface area contributed by atoms with Crippen molar-refractivity contribution in [2.24, 2.45) is 0 Å². The molecule has 0 radical (unpaired) electrons. The standard InChI is InChI=1S/C16H26N4O3/c1-15(2,3)23-14(21)18-7-8-20-13(10-18)12(9-17-20)19-6-5-16(4,22)11-19/h9,22H,5-8,10-11H2,1-4H3. The number of amides is 1. The predicted octanol–water partition coefficient (Wildman–Crippen LogP) is 1.59. The van der Waals surface area contributed by atoms with E-state index < -0.39 is 11.2 Å². The lowest BCUT2D eigenvalue weighted by atomic mass is 10.1. The largest absolute Gasteiger partial charge is 0.444 e. The molecule has 1 fully saturated rings. The molecule has 1 aromatic heterocycles. The van der Waals surface area contributed by atoms with Gasteiger partial charge in [0.15, 0.2) is 0 Å². The average Bonchev–Trinajstić information content (AvgIpc) is 2.98. The number of ether oxygens (including phenoxy) is 1. The minimum Gasteiger partial charge on any atom is -0.444 e. The normalized spacial score (nSPS) is 24.7. The van der Waals surface area contributed by atoms with Crippen molar-refractivity contribution in [3.05, 3.63) is 11.9 Å². The number of anilines is 1. The molecule has 7 heteroatoms. The second kappa shape index (κ2) is 5.40. The molecule has 3 rings (SSSR count). The van der Waals surface area contributed by atoms with Gasteiger partial charge in [-0.2, -0.15) is 5.10 Å². The lowest BCUT2D eigenvalue weighted by Crippen LogP contribution is -2.42. The van der Waals surface area contributed by atoms with Crippen molar-refractivity contribution in [1.82, 2.24) is 14.7 Å². The SMILES string of the molecule is CC1(O)CCN(c2cnn3c2CN(C(=O)OC(C)(C)C)CC3)C1. The van der Waals surface area contributed by atoms with E-state index in [1.807, 2.05) is 38.6 Å². The first-order chi connectivity index (χ1) is 10.6. The highest BCUT2D eigenvalue weighted by Gasteiger charge is 2.35. The highest BCUT2D eigenvalue weighted by Crippen LogP contribution is 2.31. The van der Waals surface area contributed by atoms with Gasteiger partial charge in [0.2, 0.25) is 0 Å². The van der Waals surface area contributed by atoms with E-state index in [1.165, 1.54) is 0 Å². The number of hydrogen-bond donors (Lipinski definition) is 1. The van der Waals surface area contributed by atoms with E-state index in [4.69, 9.17) is 4.74 Å². The maximum absolute atomic E-state index is 12.3. The van der Waals surface area contributed by atoms with Crippen LogP contribution < -0.4 is 4.90 Å². The van der Waals surface area contributed by atoms with Crippen LogP contribution in [0.5, 0.6) is 0 Å². The molecule has 3 heterocycles. The number of nitrogens with zero attached hydrogens (tertiary/aromatic N) is 4. The van der Waals surface area contributed by atoms with E-state index in [1.54, 1.807) is 4.90 Å². The van der Waals surface area contributed by atoms with Gasteiger partial charge in [-0.3, -0.25) is 4.68 Å². The van der Waals surface area contributed by atoms with E-state index in [0.717, 1.165) is 24.3 Å². The van der Waals surface area contributed by atoms with Crippen LogP contribution in [0.4, 0.5) is 10.5 Å². The van der Waals surface area contributed by atoms with Gasteiger partial charge >= 0.3 is 6.09 Å². The molecule has 0 aromatic carbocycles. The molecule has 1 saturated heterocycles. The van der Waals surface area contributed by atoms with Crippen LogP contribution >= 0.6 is 0 Å². The Morgan fingerprint density at radius 1 is 1.35 bits per heavy atom. The molecule has 1 aromatic rings. The molecule has 1 unspecified atom stereocenters. The lowest BCUT2D eigenvalue weighted by Gasteiger charge is -2.31. The first kappa shape index (κ1) is 16.1. The third-order valence-electron chi connectivity index (χ3n) is 4.29. The van der Waals surface area contributed by atoms with Crippen molar-refractivity contribution < 1.29 is 14.6 Å². The highest BCUT2D eigenvalue weighted by atomic mass is 16.6. The van der Waals surface area contributed by atoms with E-state index >= 15 is 0 Å². The molecule has 2 aliphatic heterocycles. The van der Waals surface area contributed by atoms with E-state index in [-0.39, 0.29) is 6.09 Å². The van der Waals surface area contributed by atoms with E-state index in [2.05, 4.69) is 10.00 Å². The Hall–Kier alpha value is -1.76. The Morgan fingerprint density at radius 3 is 2.70 bits per heavy atom. The predicted molar refractivity (Wildman–Crippen MR) is 86.3 cm³/mol. The third kappa shape index (κ3) is 3.44. The van der Waals surface area contributed by atoms with Crippen molar-refractivity contribution in [2.45, 2.75) is 58.4 Å². The molecule has 0 aliphatic carbocycles. The van der Waals surface area contributed by atoms with Gasteiger partial charge in [0, 0.05) is 19.6 Å². The summed E-state index contributed by atoms with van der Waals surface area (Å²) in [6.45, 7) is 10.6. The Kier molecular flexibility index (Phi) is 3.78. The summed E-state index contributed by atoms with van der Waals surface area (Å²) in [5.41, 5.74) is 0.871. The van der Waals surface area contributed by atoms with Crippen LogP contribution in [0.2, 0.25) is 0 Å². The molecule has 128 valence electrons. The summed E-state index contributed by atoms with van der Waals surface area (Å²) in [6, 6.07) is 0. The monoisotopic (exact) mass is 322 g/mol. The first-order valence-corrected chi connectivity index (χ1v) is 8.15. The van der Waals surface area contributed by atoms with Crippen LogP contribution in [0.3, 0.4) is 0 Å². The average molecular weight is 322 g/mol. The second-order valence-corrected chi connectivity index (χ2v) is 7.77. The van der Waals surface area contributed by atoms with Gasteiger partial charge in [0.25, 0.3) is 0 Å². The molecule has 2 aliphatic rings. The molecule has 1 N–H and O–H groups in total. The fourth-order valence-electron chi connectivity index (χ4n) is 3.13. The fraction of sp³-hybridized carbons (Fsp3) is 0.750. The summed E-state index contributed by atoms with van der Waals surface area (Å²) >= 11 is 0. The topological polar surface area (TPSA) is 70.8 Å². The Balaban J connectivity index is 1.75. The zero-order valence-corrected chi connectivity index (χ0v) is 14.4. The maximum Gasteiger partial charge on any atom is 0.410 e. The van der Waals surface area contributed by atoms with Crippen LogP contribution in [-0.2, 0) is 17.8 Å². The zero-order chi connectivity index (χ0) is 16.8. The Morgan fingerprint density at radius 2 is 2.09 bits per heavy atom. The van der Waals surface area contributed by atoms with Crippen molar-refractivity contribution in [1.29, 1.82) is 0 Å². The summed E-state index contributed by atoms with van der Waals surface area (Å²) in [4.78, 5) is 16.2. The van der Waals surface area contributed by atoms with Gasteiger partial charge in [0.1, 0.15) is 5.60 Å². The molecule has 1 atom stereocenters. The first-order valence-electron chi connectivity index (χ1n) is 8.15. The number of carbonyl (C=O) groups excluding carboxylic acids is 1. The molecular formula is C16H26N4O3. The smallest absolute Gasteiger partial charge is 0.410 e. The number of fused-ring (bicyclic) bond motifs is 1. The molecule has 0 saturated carbocycles. The summed E-state index contributed by atoms with van der Waals surface area (Å²) < 4.78 is 7.42. The quantitative estimate of drug-likeness (QED) is 0.850. The van der Waals surface area contributed by atoms with Gasteiger partial charge in [-0.1, -0.05) is 0 Å². The summed E-state index contributed by atoms with van der Waals surface area (Å²) in [5, 5.41) is 14.6. The van der Waals surface area contributed by atoms with Crippen molar-refractivity contribution in [2.75, 3.05) is 24.5 Å². The van der Waals surface area contributed by atoms with Gasteiger partial charge in [-0.05, 0) is 34.1 Å². The van der Waals surface area contributed by atoms with Crippen LogP contribution in [0, 0.1) is 0 Å². The molecule has 0 bridgehead atoms. The number of hydrogen-bond acceptors (Lipinski definition) is 5. The van der Waals surface area contributed by atoms with Crippen LogP contribution in [0.15, 0.2) is 6.20 Å². The van der Waals surface area contributed by atoms with Crippen molar-refractivity contribution >= 4 is 11.8 Å². The Labute approximate surface area is 136 Å². The number of carbonyl (C=O) groups is 1. The maximum atomic E-state index is 12.3. The number of rotatable bonds is 1. The van der Waals surface area contributed by atoms with E-state index in [9.17, 15) is 9.90 Å². The van der Waals surface area contributed by atoms with Crippen LogP contribution in [-0.4, -0.2) is 56.7 Å². The molecule has 1 amide bonds. The summed E-state index contributed by atoms with van der Waals surface area (Å²) in [5.74, 6) is 0. The van der Waals surface area contributed by atoms with Gasteiger partial charge in [-0.25, -0.2) is 4.79 Å². The van der Waals surface area contributed by atoms with Crippen LogP contribution in [0.25, 0.3) is 0 Å². The van der Waals surface area contributed by atoms with Gasteiger partial charge in [-0.15, -0.1) is 0 Å². The molecule has 7 nitrogen and oxygen atoms in total. The summed E-state index contributed by atoms with van der Waals surface area (Å²) in [7, 11) is 0. The van der Waals surface area contributed by atoms with Crippen LogP contribution in [0.1, 0.15) is 39.8 Å². The zero-order valence-electron chi connectivity index (χ0n) is 14.4. The number of aliphatic hydroxyl groups is 1. The van der Waals surface area contributed by atoms with E-state index in [0.29, 0.717) is 26.2 Å². The highest BCUT2D eigenvalue weighted by molar-refractivity contribution is 5.69. The van der Waals surface area contributed by atoms with Crippen molar-refractivity contribution in [3.63, 3.8) is 0 Å². The fourth-order valence-corrected chi connectivity index (χ4v) is 3.13. The minimum atomic E-state index is -0.658. The molecule has 23 heavy (non-hydrogen) atoms. The summed E-state index contributed by atoms with van der Waals surface area (Å²) in [6.07, 6.45) is 2.30. The molecule has 0 spiro atoms. The minimum absolute atomic E-state index is 0.288. The van der Waals surface area contributed by atoms with Crippen molar-refractivity contribution in [3.8, 4) is 0 Å². The lowest BCUT2D eigenvalue weighted by molar-refractivity contribution is 0.0194. The Bertz CT molecular complexity index is 603. The third-order valence-corrected chi connectivity index (χ3v) is 4.29. The second-order valence-electron chi connectivity index (χ2n) is 7.77. The number of aromatic nitrogens is 2.